The lowest BCUT2D eigenvalue weighted by atomic mass is 9.94. The van der Waals surface area contributed by atoms with Crippen molar-refractivity contribution in [3.05, 3.63) is 93.6 Å². The zero-order chi connectivity index (χ0) is 26.1. The molecule has 0 radical (unpaired) electrons. The van der Waals surface area contributed by atoms with Crippen LogP contribution in [0.1, 0.15) is 18.5 Å². The molecular formula is C27H23Cl2N5O3. The number of anilines is 2. The van der Waals surface area contributed by atoms with Gasteiger partial charge in [0.1, 0.15) is 17.5 Å². The van der Waals surface area contributed by atoms with Gasteiger partial charge in [-0.05, 0) is 43.3 Å². The molecule has 5 rings (SSSR count). The molecule has 3 aromatic carbocycles. The van der Waals surface area contributed by atoms with E-state index in [1.54, 1.807) is 49.2 Å². The molecule has 1 atom stereocenters. The van der Waals surface area contributed by atoms with Crippen LogP contribution in [0.15, 0.2) is 78.0 Å². The quantitative estimate of drug-likeness (QED) is 0.305. The maximum atomic E-state index is 13.8. The summed E-state index contributed by atoms with van der Waals surface area (Å²) < 4.78 is 12.8. The lowest BCUT2D eigenvalue weighted by Gasteiger charge is -2.29. The van der Waals surface area contributed by atoms with Crippen LogP contribution in [0.2, 0.25) is 10.0 Å². The smallest absolute Gasteiger partial charge is 0.255 e. The second-order valence-electron chi connectivity index (χ2n) is 8.29. The van der Waals surface area contributed by atoms with Gasteiger partial charge in [0.2, 0.25) is 5.95 Å². The zero-order valence-corrected chi connectivity index (χ0v) is 21.8. The molecule has 2 heterocycles. The van der Waals surface area contributed by atoms with Gasteiger partial charge in [0.15, 0.2) is 5.82 Å². The summed E-state index contributed by atoms with van der Waals surface area (Å²) in [5.41, 5.74) is 2.98. The average molecular weight is 536 g/mol. The van der Waals surface area contributed by atoms with Crippen LogP contribution in [0.3, 0.4) is 0 Å². The van der Waals surface area contributed by atoms with E-state index in [-0.39, 0.29) is 5.91 Å². The Morgan fingerprint density at radius 1 is 1.00 bits per heavy atom. The number of fused-ring (bicyclic) bond motifs is 1. The fourth-order valence-corrected chi connectivity index (χ4v) is 4.84. The van der Waals surface area contributed by atoms with Crippen LogP contribution in [0, 0.1) is 0 Å². The van der Waals surface area contributed by atoms with Gasteiger partial charge in [-0.3, -0.25) is 4.79 Å². The Morgan fingerprint density at radius 2 is 1.70 bits per heavy atom. The Morgan fingerprint density at radius 3 is 2.43 bits per heavy atom. The number of halogens is 2. The van der Waals surface area contributed by atoms with Gasteiger partial charge in [-0.15, -0.1) is 5.10 Å². The molecule has 188 valence electrons. The second kappa shape index (κ2) is 10.2. The summed E-state index contributed by atoms with van der Waals surface area (Å²) in [6.07, 6.45) is 0. The van der Waals surface area contributed by atoms with E-state index in [2.05, 4.69) is 15.6 Å². The molecule has 10 heteroatoms. The van der Waals surface area contributed by atoms with Crippen LogP contribution >= 0.6 is 23.2 Å². The Kier molecular flexibility index (Phi) is 6.78. The number of rotatable bonds is 6. The number of hydrogen-bond donors (Lipinski definition) is 2. The van der Waals surface area contributed by atoms with Gasteiger partial charge in [0, 0.05) is 21.8 Å². The number of benzene rings is 3. The van der Waals surface area contributed by atoms with E-state index in [1.165, 1.54) is 0 Å². The van der Waals surface area contributed by atoms with Crippen molar-refractivity contribution in [2.24, 2.45) is 0 Å². The maximum Gasteiger partial charge on any atom is 0.255 e. The van der Waals surface area contributed by atoms with Crippen LogP contribution in [0.4, 0.5) is 11.6 Å². The van der Waals surface area contributed by atoms with Crippen molar-refractivity contribution in [2.75, 3.05) is 24.9 Å². The van der Waals surface area contributed by atoms with E-state index < -0.39 is 6.04 Å². The van der Waals surface area contributed by atoms with Crippen LogP contribution in [-0.4, -0.2) is 34.9 Å². The molecule has 8 nitrogen and oxygen atoms in total. The molecule has 0 saturated heterocycles. The van der Waals surface area contributed by atoms with Crippen LogP contribution in [-0.2, 0) is 4.79 Å². The van der Waals surface area contributed by atoms with E-state index in [1.807, 2.05) is 43.3 Å². The van der Waals surface area contributed by atoms with Crippen molar-refractivity contribution in [3.8, 4) is 22.9 Å². The summed E-state index contributed by atoms with van der Waals surface area (Å²) in [6, 6.07) is 19.2. The molecule has 1 amide bonds. The molecule has 0 bridgehead atoms. The van der Waals surface area contributed by atoms with Crippen molar-refractivity contribution in [1.82, 2.24) is 14.8 Å². The highest BCUT2D eigenvalue weighted by Gasteiger charge is 2.36. The standard InChI is InChI=1S/C27H23Cl2N5O3/c1-15-23(26(35)31-20-9-5-7-11-22(20)37-3)24(18-8-4-6-10-21(18)36-2)34-27(30-15)32-25(33-34)17-13-12-16(28)14-19(17)29/h4-14,24H,1-3H3,(H,31,35)(H,30,32,33). The molecule has 4 aromatic rings. The SMILES string of the molecule is COc1ccccc1NC(=O)C1=C(C)Nc2nc(-c3ccc(Cl)cc3Cl)nn2C1c1ccccc1OC. The monoisotopic (exact) mass is 535 g/mol. The molecule has 1 aliphatic rings. The Hall–Kier alpha value is -4.01. The Bertz CT molecular complexity index is 1530. The van der Waals surface area contributed by atoms with Gasteiger partial charge in [-0.2, -0.15) is 4.98 Å². The van der Waals surface area contributed by atoms with Crippen molar-refractivity contribution in [1.29, 1.82) is 0 Å². The highest BCUT2D eigenvalue weighted by atomic mass is 35.5. The number of nitrogens with one attached hydrogen (secondary N) is 2. The molecule has 0 aliphatic carbocycles. The molecule has 0 saturated carbocycles. The number of ether oxygens (including phenoxy) is 2. The van der Waals surface area contributed by atoms with Crippen LogP contribution in [0.5, 0.6) is 11.5 Å². The number of hydrogen-bond acceptors (Lipinski definition) is 6. The molecular weight excluding hydrogens is 513 g/mol. The number of allylic oxidation sites excluding steroid dienone is 1. The summed E-state index contributed by atoms with van der Waals surface area (Å²) >= 11 is 12.5. The van der Waals surface area contributed by atoms with E-state index >= 15 is 0 Å². The van der Waals surface area contributed by atoms with Crippen molar-refractivity contribution < 1.29 is 14.3 Å². The van der Waals surface area contributed by atoms with E-state index in [9.17, 15) is 4.79 Å². The molecule has 0 spiro atoms. The highest BCUT2D eigenvalue weighted by Crippen LogP contribution is 2.41. The predicted octanol–water partition coefficient (Wildman–Crippen LogP) is 6.20. The third-order valence-electron chi connectivity index (χ3n) is 6.06. The van der Waals surface area contributed by atoms with Gasteiger partial charge in [-0.25, -0.2) is 4.68 Å². The number of nitrogens with zero attached hydrogens (tertiary/aromatic N) is 3. The molecule has 1 unspecified atom stereocenters. The summed E-state index contributed by atoms with van der Waals surface area (Å²) in [6.45, 7) is 1.83. The summed E-state index contributed by atoms with van der Waals surface area (Å²) in [5, 5.41) is 11.9. The molecule has 37 heavy (non-hydrogen) atoms. The van der Waals surface area contributed by atoms with Gasteiger partial charge >= 0.3 is 0 Å². The Labute approximate surface area is 223 Å². The first-order valence-electron chi connectivity index (χ1n) is 11.4. The Balaban J connectivity index is 1.64. The number of carbonyl (C=O) groups excluding carboxylic acids is 1. The van der Waals surface area contributed by atoms with E-state index in [0.29, 0.717) is 55.8 Å². The molecule has 0 fully saturated rings. The number of aromatic nitrogens is 3. The minimum Gasteiger partial charge on any atom is -0.496 e. The zero-order valence-electron chi connectivity index (χ0n) is 20.3. The molecule has 1 aliphatic heterocycles. The molecule has 1 aromatic heterocycles. The second-order valence-corrected chi connectivity index (χ2v) is 9.13. The molecule has 2 N–H and O–H groups in total. The average Bonchev–Trinajstić information content (AvgIpc) is 3.31. The first-order chi connectivity index (χ1) is 17.9. The normalized spacial score (nSPS) is 14.6. The summed E-state index contributed by atoms with van der Waals surface area (Å²) in [4.78, 5) is 18.5. The lowest BCUT2D eigenvalue weighted by molar-refractivity contribution is -0.113. The number of carbonyl (C=O) groups is 1. The van der Waals surface area contributed by atoms with Gasteiger partial charge in [0.05, 0.1) is 30.5 Å². The topological polar surface area (TPSA) is 90.3 Å². The fraction of sp³-hybridized carbons (Fsp3) is 0.148. The van der Waals surface area contributed by atoms with E-state index in [4.69, 9.17) is 37.8 Å². The summed E-state index contributed by atoms with van der Waals surface area (Å²) in [7, 11) is 3.15. The maximum absolute atomic E-state index is 13.8. The van der Waals surface area contributed by atoms with Crippen LogP contribution < -0.4 is 20.1 Å². The minimum absolute atomic E-state index is 0.322. The van der Waals surface area contributed by atoms with Gasteiger partial charge in [0.25, 0.3) is 5.91 Å². The van der Waals surface area contributed by atoms with E-state index in [0.717, 1.165) is 5.56 Å². The van der Waals surface area contributed by atoms with Crippen molar-refractivity contribution >= 4 is 40.7 Å². The van der Waals surface area contributed by atoms with Crippen molar-refractivity contribution in [3.63, 3.8) is 0 Å². The van der Waals surface area contributed by atoms with Gasteiger partial charge in [-0.1, -0.05) is 53.5 Å². The lowest BCUT2D eigenvalue weighted by Crippen LogP contribution is -2.31. The first kappa shape index (κ1) is 24.7. The van der Waals surface area contributed by atoms with Gasteiger partial charge < -0.3 is 20.1 Å². The highest BCUT2D eigenvalue weighted by molar-refractivity contribution is 6.36. The number of amides is 1. The number of para-hydroxylation sites is 3. The fourth-order valence-electron chi connectivity index (χ4n) is 4.35. The number of methoxy groups -OCH3 is 2. The first-order valence-corrected chi connectivity index (χ1v) is 12.1. The predicted molar refractivity (Wildman–Crippen MR) is 145 cm³/mol. The van der Waals surface area contributed by atoms with Crippen molar-refractivity contribution in [2.45, 2.75) is 13.0 Å². The minimum atomic E-state index is -0.644. The third-order valence-corrected chi connectivity index (χ3v) is 6.61. The summed E-state index contributed by atoms with van der Waals surface area (Å²) in [5.74, 6) is 1.69. The van der Waals surface area contributed by atoms with Crippen LogP contribution in [0.25, 0.3) is 11.4 Å². The largest absolute Gasteiger partial charge is 0.496 e. The third kappa shape index (κ3) is 4.61.